The van der Waals surface area contributed by atoms with E-state index in [0.29, 0.717) is 11.7 Å². The summed E-state index contributed by atoms with van der Waals surface area (Å²) in [5, 5.41) is 10.5. The van der Waals surface area contributed by atoms with Crippen LogP contribution in [0.1, 0.15) is 65.8 Å². The van der Waals surface area contributed by atoms with Crippen LogP contribution in [0.5, 0.6) is 0 Å². The molecule has 67 heavy (non-hydrogen) atoms. The predicted octanol–water partition coefficient (Wildman–Crippen LogP) is 12.9. The first kappa shape index (κ1) is 48.4. The fraction of sp³-hybridized carbons (Fsp3) is 0.150. The third kappa shape index (κ3) is 9.80. The number of thiophene rings is 3. The Hall–Kier alpha value is -5.08. The van der Waals surface area contributed by atoms with E-state index in [0.717, 1.165) is 29.0 Å². The third-order valence-electron chi connectivity index (χ3n) is 12.7. The molecular formula is C60H55AlLiO2S3+. The Labute approximate surface area is 433 Å². The van der Waals surface area contributed by atoms with E-state index in [2.05, 4.69) is 184 Å². The van der Waals surface area contributed by atoms with E-state index in [1.807, 2.05) is 36.5 Å². The Morgan fingerprint density at radius 2 is 0.866 bits per heavy atom. The number of hydrogen-bond donors (Lipinski definition) is 1. The fourth-order valence-corrected chi connectivity index (χ4v) is 13.8. The van der Waals surface area contributed by atoms with Crippen LogP contribution in [0, 0.1) is 11.8 Å². The van der Waals surface area contributed by atoms with Crippen molar-refractivity contribution in [2.24, 2.45) is 11.8 Å². The minimum atomic E-state index is -0.320. The monoisotopic (exact) mass is 937 g/mol. The van der Waals surface area contributed by atoms with Crippen LogP contribution in [0.2, 0.25) is 0 Å². The Morgan fingerprint density at radius 3 is 1.31 bits per heavy atom. The van der Waals surface area contributed by atoms with Gasteiger partial charge >= 0.3 is 20.3 Å². The van der Waals surface area contributed by atoms with Gasteiger partial charge in [-0.2, -0.15) is 0 Å². The van der Waals surface area contributed by atoms with Crippen LogP contribution in [0.3, 0.4) is 0 Å². The van der Waals surface area contributed by atoms with Crippen LogP contribution in [0.25, 0.3) is 70.8 Å². The van der Waals surface area contributed by atoms with Crippen LogP contribution in [0.4, 0.5) is 0 Å². The molecule has 2 nitrogen and oxygen atoms in total. The summed E-state index contributed by atoms with van der Waals surface area (Å²) in [7, 11) is 0. The number of benzene rings is 6. The zero-order valence-corrected chi connectivity index (χ0v) is 40.3. The maximum absolute atomic E-state index is 12.4. The number of Topliss-reactive ketones (excluding diaryl/α,β-unsaturated/α-hetero) is 1. The number of fused-ring (bicyclic) bond motifs is 3. The van der Waals surface area contributed by atoms with Crippen molar-refractivity contribution in [2.45, 2.75) is 46.1 Å². The molecule has 0 fully saturated rings. The molecule has 0 radical (unpaired) electrons. The number of carbonyl (C=O) groups is 1. The molecule has 3 aromatic heterocycles. The average molecular weight is 938 g/mol. The second-order valence-corrected chi connectivity index (χ2v) is 20.5. The summed E-state index contributed by atoms with van der Waals surface area (Å²) in [5.41, 5.74) is 17.1. The van der Waals surface area contributed by atoms with Crippen molar-refractivity contribution in [1.82, 2.24) is 0 Å². The number of allylic oxidation sites excluding steroid dienone is 1. The minimum absolute atomic E-state index is 0. The molecule has 9 aromatic rings. The minimum Gasteiger partial charge on any atom is -1.00 e. The van der Waals surface area contributed by atoms with Gasteiger partial charge in [0.15, 0.2) is 23.1 Å². The van der Waals surface area contributed by atoms with Crippen molar-refractivity contribution >= 4 is 63.2 Å². The van der Waals surface area contributed by atoms with Gasteiger partial charge in [0.05, 0.1) is 11.0 Å². The van der Waals surface area contributed by atoms with E-state index < -0.39 is 0 Å². The molecule has 1 N–H and O–H groups in total. The Kier molecular flexibility index (Phi) is 15.5. The molecule has 0 saturated carbocycles. The summed E-state index contributed by atoms with van der Waals surface area (Å²) in [5.74, 6) is 0.737. The molecule has 3 aliphatic carbocycles. The standard InChI is InChI=1S/C20H18OS.C20H16OS.C20H16S.Al.Li.4H/c2*1-13-12-16-17(14-8-4-2-5-9-14)19(22-20(16)18(13)21)15-10-6-3-7-11-15;1-14-12-17-18(13-14)21-20(16-10-6-3-7-11-16)19(17)15-8-4-2-5-9-15;;;;;;/h2-11,13,18,21H,12H2,1H3;2-11,13H,12H2,1H3;2-11,13H,12H2,1H3;;;;;;/q;;;;+1;;;;-1/p+1. The van der Waals surface area contributed by atoms with Crippen LogP contribution >= 0.6 is 34.0 Å². The Balaban J connectivity index is 0.000000165. The summed E-state index contributed by atoms with van der Waals surface area (Å²) >= 11 is 5.34. The summed E-state index contributed by atoms with van der Waals surface area (Å²) < 4.78 is 0. The molecule has 3 aliphatic rings. The van der Waals surface area contributed by atoms with Crippen molar-refractivity contribution in [2.75, 3.05) is 0 Å². The van der Waals surface area contributed by atoms with Gasteiger partial charge in [0, 0.05) is 47.0 Å². The number of carbonyl (C=O) groups excluding carboxylic acids is 1. The van der Waals surface area contributed by atoms with Crippen LogP contribution < -0.4 is 18.9 Å². The van der Waals surface area contributed by atoms with E-state index >= 15 is 0 Å². The topological polar surface area (TPSA) is 37.3 Å². The van der Waals surface area contributed by atoms with Crippen molar-refractivity contribution in [3.05, 3.63) is 219 Å². The predicted molar refractivity (Wildman–Crippen MR) is 290 cm³/mol. The third-order valence-corrected chi connectivity index (χ3v) is 16.6. The molecule has 328 valence electrons. The molecule has 3 atom stereocenters. The first-order valence-corrected chi connectivity index (χ1v) is 25.0. The Morgan fingerprint density at radius 1 is 0.493 bits per heavy atom. The van der Waals surface area contributed by atoms with Crippen LogP contribution in [0.15, 0.2) is 188 Å². The average Bonchev–Trinajstić information content (AvgIpc) is 4.20. The SMILES string of the molecule is CC1=Cc2sc(-c3ccccc3)c(-c3ccccc3)c2C1.CC1Cc2c(sc(-c3ccccc3)c2-c2ccccc2)C1=O.CC1Cc2c(sc(-c3ccccc3)c2-c2ccccc2)C1O.[AlH3].[H+].[H-].[Li+]. The molecule has 3 unspecified atom stereocenters. The summed E-state index contributed by atoms with van der Waals surface area (Å²) in [4.78, 5) is 19.9. The summed E-state index contributed by atoms with van der Waals surface area (Å²) in [6, 6.07) is 63.5. The molecule has 0 aliphatic heterocycles. The smallest absolute Gasteiger partial charge is 1.00 e. The van der Waals surface area contributed by atoms with Gasteiger partial charge in [-0.15, -0.1) is 34.0 Å². The van der Waals surface area contributed by atoms with E-state index in [1.54, 1.807) is 22.7 Å². The van der Waals surface area contributed by atoms with Gasteiger partial charge in [0.25, 0.3) is 0 Å². The van der Waals surface area contributed by atoms with Gasteiger partial charge in [0.1, 0.15) is 0 Å². The van der Waals surface area contributed by atoms with Crippen molar-refractivity contribution < 1.29 is 31.6 Å². The van der Waals surface area contributed by atoms with Gasteiger partial charge in [-0.1, -0.05) is 201 Å². The maximum Gasteiger partial charge on any atom is 1.00 e. The van der Waals surface area contributed by atoms with Crippen molar-refractivity contribution in [3.63, 3.8) is 0 Å². The van der Waals surface area contributed by atoms with E-state index in [-0.39, 0.29) is 51.1 Å². The van der Waals surface area contributed by atoms with Gasteiger partial charge in [-0.25, -0.2) is 0 Å². The number of rotatable bonds is 6. The molecule has 6 aromatic carbocycles. The normalized spacial score (nSPS) is 16.2. The summed E-state index contributed by atoms with van der Waals surface area (Å²) in [6.45, 7) is 6.39. The van der Waals surface area contributed by atoms with Gasteiger partial charge < -0.3 is 6.53 Å². The first-order chi connectivity index (χ1) is 31.8. The number of hydrogen-bond acceptors (Lipinski definition) is 5. The number of aliphatic hydroxyl groups is 1. The molecular weight excluding hydrogens is 883 g/mol. The van der Waals surface area contributed by atoms with E-state index in [9.17, 15) is 9.90 Å². The van der Waals surface area contributed by atoms with E-state index in [1.165, 1.54) is 91.8 Å². The maximum atomic E-state index is 12.4. The number of aliphatic hydroxyl groups excluding tert-OH is 1. The van der Waals surface area contributed by atoms with Crippen molar-refractivity contribution in [3.8, 4) is 64.7 Å². The molecule has 0 saturated heterocycles. The number of ketones is 1. The first-order valence-electron chi connectivity index (χ1n) is 22.5. The molecule has 3 heterocycles. The molecule has 0 spiro atoms. The molecule has 0 bridgehead atoms. The largest absolute Gasteiger partial charge is 1.00 e. The van der Waals surface area contributed by atoms with E-state index in [4.69, 9.17) is 0 Å². The second kappa shape index (κ2) is 21.5. The zero-order valence-electron chi connectivity index (χ0n) is 39.8. The van der Waals surface area contributed by atoms with Crippen LogP contribution in [-0.2, 0) is 19.3 Å². The molecule has 12 rings (SSSR count). The zero-order chi connectivity index (χ0) is 44.4. The second-order valence-electron chi connectivity index (χ2n) is 17.4. The molecule has 7 heteroatoms. The van der Waals surface area contributed by atoms with Crippen molar-refractivity contribution in [1.29, 1.82) is 0 Å². The van der Waals surface area contributed by atoms with Gasteiger partial charge in [0.2, 0.25) is 0 Å². The van der Waals surface area contributed by atoms with Gasteiger partial charge in [-0.3, -0.25) is 4.79 Å². The fourth-order valence-electron chi connectivity index (χ4n) is 9.54. The quantitative estimate of drug-likeness (QED) is 0.169. The summed E-state index contributed by atoms with van der Waals surface area (Å²) in [6.07, 6.45) is 4.94. The molecule has 0 amide bonds. The Bertz CT molecular complexity index is 3140. The van der Waals surface area contributed by atoms with Crippen LogP contribution in [-0.4, -0.2) is 28.3 Å². The van der Waals surface area contributed by atoms with Gasteiger partial charge in [-0.05, 0) is 88.3 Å².